The number of hydrogen-bond donors (Lipinski definition) is 2. The molecule has 0 atom stereocenters. The van der Waals surface area contributed by atoms with E-state index < -0.39 is 0 Å². The highest BCUT2D eigenvalue weighted by atomic mass is 32.2. The van der Waals surface area contributed by atoms with Crippen molar-refractivity contribution in [1.82, 2.24) is 5.32 Å². The zero-order chi connectivity index (χ0) is 15.0. The van der Waals surface area contributed by atoms with Crippen molar-refractivity contribution in [1.29, 1.82) is 0 Å². The highest BCUT2D eigenvalue weighted by molar-refractivity contribution is 7.99. The Hall–Kier alpha value is -2.00. The number of nitrogen functional groups attached to an aromatic ring is 1. The van der Waals surface area contributed by atoms with Crippen LogP contribution in [0.2, 0.25) is 0 Å². The minimum atomic E-state index is -0.263. The smallest absolute Gasteiger partial charge is 0.253 e. The van der Waals surface area contributed by atoms with E-state index in [-0.39, 0.29) is 5.91 Å². The maximum Gasteiger partial charge on any atom is 0.253 e. The first-order valence-electron chi connectivity index (χ1n) is 5.95. The van der Waals surface area contributed by atoms with E-state index in [9.17, 15) is 4.79 Å². The van der Waals surface area contributed by atoms with Gasteiger partial charge in [0.05, 0.1) is 31.2 Å². The maximum absolute atomic E-state index is 12.1. The third-order valence-electron chi connectivity index (χ3n) is 2.53. The van der Waals surface area contributed by atoms with Crippen molar-refractivity contribution in [2.75, 3.05) is 38.0 Å². The van der Waals surface area contributed by atoms with Crippen LogP contribution in [0.15, 0.2) is 12.1 Å². The van der Waals surface area contributed by atoms with E-state index in [4.69, 9.17) is 21.6 Å². The molecule has 0 aliphatic carbocycles. The van der Waals surface area contributed by atoms with Crippen LogP contribution in [0.4, 0.5) is 5.69 Å². The van der Waals surface area contributed by atoms with Gasteiger partial charge in [-0.25, -0.2) is 0 Å². The van der Waals surface area contributed by atoms with Gasteiger partial charge in [-0.1, -0.05) is 5.92 Å². The van der Waals surface area contributed by atoms with Crippen LogP contribution in [-0.2, 0) is 0 Å². The summed E-state index contributed by atoms with van der Waals surface area (Å²) in [6.45, 7) is 0.518. The summed E-state index contributed by atoms with van der Waals surface area (Å²) in [7, 11) is 3.01. The number of rotatable bonds is 7. The number of benzene rings is 1. The zero-order valence-corrected chi connectivity index (χ0v) is 12.4. The van der Waals surface area contributed by atoms with E-state index in [2.05, 4.69) is 11.2 Å². The molecule has 0 aliphatic rings. The number of ether oxygens (including phenoxy) is 2. The van der Waals surface area contributed by atoms with Crippen LogP contribution in [0.3, 0.4) is 0 Å². The van der Waals surface area contributed by atoms with E-state index in [1.165, 1.54) is 14.2 Å². The second kappa shape index (κ2) is 8.23. The van der Waals surface area contributed by atoms with E-state index in [0.717, 1.165) is 5.75 Å². The van der Waals surface area contributed by atoms with E-state index in [0.29, 0.717) is 35.0 Å². The molecule has 1 aromatic carbocycles. The molecule has 0 saturated carbocycles. The molecule has 0 fully saturated rings. The van der Waals surface area contributed by atoms with Crippen molar-refractivity contribution in [2.45, 2.75) is 0 Å². The standard InChI is InChI=1S/C14H18N2O3S/c1-4-6-20-7-5-16-14(17)11-8-10(18-2)9-12(19-3)13(11)15/h1,8-9H,5-7,15H2,2-3H3,(H,16,17). The first kappa shape index (κ1) is 16.1. The quantitative estimate of drug-likeness (QED) is 0.451. The first-order valence-corrected chi connectivity index (χ1v) is 7.10. The molecule has 1 aromatic rings. The van der Waals surface area contributed by atoms with Crippen molar-refractivity contribution in [3.8, 4) is 23.8 Å². The number of nitrogens with one attached hydrogen (secondary N) is 1. The van der Waals surface area contributed by atoms with Crippen LogP contribution in [0.25, 0.3) is 0 Å². The van der Waals surface area contributed by atoms with Gasteiger partial charge in [0.15, 0.2) is 0 Å². The van der Waals surface area contributed by atoms with Crippen molar-refractivity contribution in [3.05, 3.63) is 17.7 Å². The summed E-state index contributed by atoms with van der Waals surface area (Å²) in [5.41, 5.74) is 6.53. The fourth-order valence-corrected chi connectivity index (χ4v) is 2.05. The van der Waals surface area contributed by atoms with Gasteiger partial charge in [-0.05, 0) is 6.07 Å². The van der Waals surface area contributed by atoms with E-state index in [1.54, 1.807) is 23.9 Å². The molecule has 0 heterocycles. The second-order valence-electron chi connectivity index (χ2n) is 3.80. The molecule has 0 saturated heterocycles. The lowest BCUT2D eigenvalue weighted by Gasteiger charge is -2.12. The number of carbonyl (C=O) groups excluding carboxylic acids is 1. The molecule has 0 bridgehead atoms. The number of thioether (sulfide) groups is 1. The van der Waals surface area contributed by atoms with Gasteiger partial charge in [-0.15, -0.1) is 18.2 Å². The third-order valence-corrected chi connectivity index (χ3v) is 3.40. The molecule has 108 valence electrons. The molecule has 0 spiro atoms. The molecule has 0 radical (unpaired) electrons. The third kappa shape index (κ3) is 4.28. The van der Waals surface area contributed by atoms with Crippen LogP contribution in [-0.4, -0.2) is 38.2 Å². The summed E-state index contributed by atoms with van der Waals surface area (Å²) in [5, 5.41) is 2.78. The van der Waals surface area contributed by atoms with Crippen LogP contribution in [0.1, 0.15) is 10.4 Å². The van der Waals surface area contributed by atoms with Gasteiger partial charge in [0, 0.05) is 18.4 Å². The predicted octanol–water partition coefficient (Wildman–Crippen LogP) is 1.38. The highest BCUT2D eigenvalue weighted by Crippen LogP contribution is 2.30. The Labute approximate surface area is 123 Å². The summed E-state index contributed by atoms with van der Waals surface area (Å²) >= 11 is 1.58. The molecule has 5 nitrogen and oxygen atoms in total. The monoisotopic (exact) mass is 294 g/mol. The number of hydrogen-bond acceptors (Lipinski definition) is 5. The first-order chi connectivity index (χ1) is 9.63. The lowest BCUT2D eigenvalue weighted by molar-refractivity contribution is 0.0956. The Bertz CT molecular complexity index is 512. The van der Waals surface area contributed by atoms with E-state index >= 15 is 0 Å². The van der Waals surface area contributed by atoms with Crippen LogP contribution in [0, 0.1) is 12.3 Å². The number of nitrogens with two attached hydrogens (primary N) is 1. The van der Waals surface area contributed by atoms with Crippen molar-refractivity contribution < 1.29 is 14.3 Å². The van der Waals surface area contributed by atoms with Crippen molar-refractivity contribution in [2.24, 2.45) is 0 Å². The Kier molecular flexibility index (Phi) is 6.60. The summed E-state index contributed by atoms with van der Waals surface area (Å²) in [5.74, 6) is 4.57. The van der Waals surface area contributed by atoms with Gasteiger partial charge >= 0.3 is 0 Å². The largest absolute Gasteiger partial charge is 0.497 e. The summed E-state index contributed by atoms with van der Waals surface area (Å²) in [6, 6.07) is 3.22. The van der Waals surface area contributed by atoms with Crippen LogP contribution in [0.5, 0.6) is 11.5 Å². The van der Waals surface area contributed by atoms with Crippen LogP contribution >= 0.6 is 11.8 Å². The summed E-state index contributed by atoms with van der Waals surface area (Å²) in [6.07, 6.45) is 5.14. The maximum atomic E-state index is 12.1. The predicted molar refractivity (Wildman–Crippen MR) is 82.4 cm³/mol. The average molecular weight is 294 g/mol. The Morgan fingerprint density at radius 2 is 2.20 bits per heavy atom. The molecule has 0 aliphatic heterocycles. The van der Waals surface area contributed by atoms with Crippen molar-refractivity contribution >= 4 is 23.4 Å². The lowest BCUT2D eigenvalue weighted by atomic mass is 10.1. The Balaban J connectivity index is 2.74. The van der Waals surface area contributed by atoms with E-state index in [1.807, 2.05) is 0 Å². The molecule has 6 heteroatoms. The molecular weight excluding hydrogens is 276 g/mol. The molecule has 20 heavy (non-hydrogen) atoms. The topological polar surface area (TPSA) is 73.6 Å². The Morgan fingerprint density at radius 3 is 2.80 bits per heavy atom. The summed E-state index contributed by atoms with van der Waals surface area (Å²) in [4.78, 5) is 12.1. The van der Waals surface area contributed by atoms with Gasteiger partial charge in [-0.3, -0.25) is 4.79 Å². The SMILES string of the molecule is C#CCSCCNC(=O)c1cc(OC)cc(OC)c1N. The fraction of sp³-hybridized carbons (Fsp3) is 0.357. The average Bonchev–Trinajstić information content (AvgIpc) is 2.47. The molecule has 1 rings (SSSR count). The number of anilines is 1. The lowest BCUT2D eigenvalue weighted by Crippen LogP contribution is -2.26. The minimum absolute atomic E-state index is 0.263. The second-order valence-corrected chi connectivity index (χ2v) is 4.91. The molecule has 1 amide bonds. The van der Waals surface area contributed by atoms with Gasteiger partial charge in [0.2, 0.25) is 0 Å². The number of methoxy groups -OCH3 is 2. The van der Waals surface area contributed by atoms with Gasteiger partial charge < -0.3 is 20.5 Å². The highest BCUT2D eigenvalue weighted by Gasteiger charge is 2.15. The molecule has 3 N–H and O–H groups in total. The Morgan fingerprint density at radius 1 is 1.45 bits per heavy atom. The van der Waals surface area contributed by atoms with Crippen molar-refractivity contribution in [3.63, 3.8) is 0 Å². The van der Waals surface area contributed by atoms with Gasteiger partial charge in [-0.2, -0.15) is 0 Å². The zero-order valence-electron chi connectivity index (χ0n) is 11.6. The van der Waals surface area contributed by atoms with Gasteiger partial charge in [0.25, 0.3) is 5.91 Å². The molecular formula is C14H18N2O3S. The van der Waals surface area contributed by atoms with Crippen LogP contribution < -0.4 is 20.5 Å². The minimum Gasteiger partial charge on any atom is -0.497 e. The van der Waals surface area contributed by atoms with Gasteiger partial charge in [0.1, 0.15) is 11.5 Å². The number of terminal acetylenes is 1. The fourth-order valence-electron chi connectivity index (χ4n) is 1.54. The number of carbonyl (C=O) groups is 1. The normalized spacial score (nSPS) is 9.65. The molecule has 0 aromatic heterocycles. The summed E-state index contributed by atoms with van der Waals surface area (Å²) < 4.78 is 10.2. The number of amides is 1. The molecule has 0 unspecified atom stereocenters.